The third-order valence-corrected chi connectivity index (χ3v) is 4.07. The second-order valence-corrected chi connectivity index (χ2v) is 5.07. The van der Waals surface area contributed by atoms with Crippen molar-refractivity contribution in [2.75, 3.05) is 7.05 Å². The average molecular weight is 281 g/mol. The minimum Gasteiger partial charge on any atom is -0.443 e. The number of hydrogen-bond donors (Lipinski definition) is 0. The molecule has 2 aliphatic rings. The van der Waals surface area contributed by atoms with Gasteiger partial charge in [0.25, 0.3) is 0 Å². The first kappa shape index (κ1) is 8.59. The summed E-state index contributed by atoms with van der Waals surface area (Å²) in [6, 6.07) is 0.341. The molecule has 0 aromatic carbocycles. The summed E-state index contributed by atoms with van der Waals surface area (Å²) in [5, 5.41) is 0. The summed E-state index contributed by atoms with van der Waals surface area (Å²) in [6.45, 7) is 0. The van der Waals surface area contributed by atoms with Crippen LogP contribution in [-0.2, 0) is 4.74 Å². The lowest BCUT2D eigenvalue weighted by Gasteiger charge is -2.29. The quantitative estimate of drug-likeness (QED) is 0.500. The highest BCUT2D eigenvalue weighted by Crippen LogP contribution is 2.34. The standard InChI is InChI=1S/C8H12INO2/c1-10-6-4-2-3-5(9)7(6)12-8(10)11/h5-7H,2-4H2,1H3/t5-,6-,7?/m1/s1. The van der Waals surface area contributed by atoms with Gasteiger partial charge in [0.05, 0.1) is 9.97 Å². The van der Waals surface area contributed by atoms with Crippen LogP contribution < -0.4 is 0 Å². The number of halogens is 1. The van der Waals surface area contributed by atoms with E-state index in [0.29, 0.717) is 9.97 Å². The van der Waals surface area contributed by atoms with Crippen LogP contribution in [0.2, 0.25) is 0 Å². The number of amides is 1. The van der Waals surface area contributed by atoms with Gasteiger partial charge in [-0.05, 0) is 12.8 Å². The van der Waals surface area contributed by atoms with Gasteiger partial charge in [-0.1, -0.05) is 29.0 Å². The molecule has 0 aromatic rings. The average Bonchev–Trinajstić information content (AvgIpc) is 2.32. The Kier molecular flexibility index (Phi) is 2.18. The molecule has 1 aliphatic carbocycles. The molecule has 1 amide bonds. The number of likely N-dealkylation sites (N-methyl/N-ethyl adjacent to an activating group) is 1. The molecule has 3 atom stereocenters. The van der Waals surface area contributed by atoms with E-state index < -0.39 is 0 Å². The van der Waals surface area contributed by atoms with E-state index in [2.05, 4.69) is 22.6 Å². The summed E-state index contributed by atoms with van der Waals surface area (Å²) >= 11 is 2.39. The van der Waals surface area contributed by atoms with Gasteiger partial charge in [0.15, 0.2) is 0 Å². The Bertz CT molecular complexity index is 209. The molecule has 0 spiro atoms. The van der Waals surface area contributed by atoms with Gasteiger partial charge in [-0.15, -0.1) is 0 Å². The van der Waals surface area contributed by atoms with E-state index in [1.807, 2.05) is 7.05 Å². The molecular formula is C8H12INO2. The lowest BCUT2D eigenvalue weighted by atomic mass is 9.92. The van der Waals surface area contributed by atoms with E-state index in [9.17, 15) is 4.79 Å². The van der Waals surface area contributed by atoms with Crippen LogP contribution in [0.25, 0.3) is 0 Å². The molecule has 12 heavy (non-hydrogen) atoms. The van der Waals surface area contributed by atoms with Crippen molar-refractivity contribution in [2.24, 2.45) is 0 Å². The Morgan fingerprint density at radius 3 is 3.00 bits per heavy atom. The lowest BCUT2D eigenvalue weighted by Crippen LogP contribution is -2.40. The zero-order valence-corrected chi connectivity index (χ0v) is 9.15. The summed E-state index contributed by atoms with van der Waals surface area (Å²) < 4.78 is 5.78. The molecule has 4 heteroatoms. The maximum absolute atomic E-state index is 11.2. The molecule has 1 unspecified atom stereocenters. The molecule has 0 N–H and O–H groups in total. The van der Waals surface area contributed by atoms with Crippen molar-refractivity contribution < 1.29 is 9.53 Å². The van der Waals surface area contributed by atoms with Gasteiger partial charge in [0.2, 0.25) is 0 Å². The monoisotopic (exact) mass is 281 g/mol. The molecule has 0 radical (unpaired) electrons. The van der Waals surface area contributed by atoms with Crippen molar-refractivity contribution in [2.45, 2.75) is 35.3 Å². The van der Waals surface area contributed by atoms with Crippen molar-refractivity contribution in [3.8, 4) is 0 Å². The van der Waals surface area contributed by atoms with Crippen LogP contribution >= 0.6 is 22.6 Å². The van der Waals surface area contributed by atoms with Gasteiger partial charge in [-0.25, -0.2) is 4.79 Å². The number of ether oxygens (including phenoxy) is 1. The molecule has 68 valence electrons. The summed E-state index contributed by atoms with van der Waals surface area (Å²) in [5.41, 5.74) is 0. The van der Waals surface area contributed by atoms with Gasteiger partial charge in [0.1, 0.15) is 6.10 Å². The third kappa shape index (κ3) is 1.20. The van der Waals surface area contributed by atoms with E-state index in [-0.39, 0.29) is 12.2 Å². The van der Waals surface area contributed by atoms with Gasteiger partial charge in [0, 0.05) is 7.05 Å². The summed E-state index contributed by atoms with van der Waals surface area (Å²) in [5.74, 6) is 0. The molecule has 2 fully saturated rings. The number of carbonyl (C=O) groups excluding carboxylic acids is 1. The van der Waals surface area contributed by atoms with Crippen molar-refractivity contribution in [1.29, 1.82) is 0 Å². The number of fused-ring (bicyclic) bond motifs is 1. The number of rotatable bonds is 0. The van der Waals surface area contributed by atoms with Crippen LogP contribution in [0.1, 0.15) is 19.3 Å². The Balaban J connectivity index is 2.16. The Labute approximate surface area is 85.6 Å². The zero-order chi connectivity index (χ0) is 8.72. The fourth-order valence-corrected chi connectivity index (χ4v) is 3.06. The fraction of sp³-hybridized carbons (Fsp3) is 0.875. The topological polar surface area (TPSA) is 29.5 Å². The van der Waals surface area contributed by atoms with E-state index in [1.54, 1.807) is 4.90 Å². The van der Waals surface area contributed by atoms with Gasteiger partial charge < -0.3 is 9.64 Å². The third-order valence-electron chi connectivity index (χ3n) is 2.74. The Morgan fingerprint density at radius 1 is 1.58 bits per heavy atom. The minimum absolute atomic E-state index is 0.145. The Hall–Kier alpha value is 0. The van der Waals surface area contributed by atoms with Gasteiger partial charge in [-0.2, -0.15) is 0 Å². The number of nitrogens with zero attached hydrogens (tertiary/aromatic N) is 1. The van der Waals surface area contributed by atoms with Gasteiger partial charge in [-0.3, -0.25) is 0 Å². The normalized spacial score (nSPS) is 41.0. The predicted octanol–water partition coefficient (Wildman–Crippen LogP) is 1.79. The molecule has 3 nitrogen and oxygen atoms in total. The molecular weight excluding hydrogens is 269 g/mol. The van der Waals surface area contributed by atoms with Crippen LogP contribution in [-0.4, -0.2) is 34.1 Å². The maximum Gasteiger partial charge on any atom is 0.410 e. The molecule has 1 aliphatic heterocycles. The van der Waals surface area contributed by atoms with Crippen LogP contribution in [0.5, 0.6) is 0 Å². The number of hydrogen-bond acceptors (Lipinski definition) is 2. The van der Waals surface area contributed by atoms with Crippen molar-refractivity contribution in [1.82, 2.24) is 4.90 Å². The highest BCUT2D eigenvalue weighted by molar-refractivity contribution is 14.1. The molecule has 2 rings (SSSR count). The van der Waals surface area contributed by atoms with Crippen LogP contribution in [0.3, 0.4) is 0 Å². The fourth-order valence-electron chi connectivity index (χ4n) is 1.99. The smallest absolute Gasteiger partial charge is 0.410 e. The summed E-state index contributed by atoms with van der Waals surface area (Å²) in [7, 11) is 1.84. The second kappa shape index (κ2) is 3.05. The molecule has 1 saturated heterocycles. The summed E-state index contributed by atoms with van der Waals surface area (Å²) in [6.07, 6.45) is 3.51. The van der Waals surface area contributed by atoms with Gasteiger partial charge >= 0.3 is 6.09 Å². The SMILES string of the molecule is CN1C(=O)OC2[C@H](I)CCC[C@H]21. The van der Waals surface area contributed by atoms with Crippen molar-refractivity contribution in [3.05, 3.63) is 0 Å². The van der Waals surface area contributed by atoms with E-state index >= 15 is 0 Å². The molecule has 1 saturated carbocycles. The predicted molar refractivity (Wildman–Crippen MR) is 53.5 cm³/mol. The zero-order valence-electron chi connectivity index (χ0n) is 7.00. The number of alkyl halides is 1. The largest absolute Gasteiger partial charge is 0.443 e. The molecule has 0 aromatic heterocycles. The van der Waals surface area contributed by atoms with E-state index in [4.69, 9.17) is 4.74 Å². The first-order valence-corrected chi connectivity index (χ1v) is 5.52. The highest BCUT2D eigenvalue weighted by atomic mass is 127. The van der Waals surface area contributed by atoms with Crippen molar-refractivity contribution >= 4 is 28.7 Å². The lowest BCUT2D eigenvalue weighted by molar-refractivity contribution is 0.121. The van der Waals surface area contributed by atoms with E-state index in [1.165, 1.54) is 12.8 Å². The molecule has 0 bridgehead atoms. The van der Waals surface area contributed by atoms with Crippen LogP contribution in [0.4, 0.5) is 4.79 Å². The van der Waals surface area contributed by atoms with E-state index in [0.717, 1.165) is 6.42 Å². The number of carbonyl (C=O) groups is 1. The van der Waals surface area contributed by atoms with Crippen LogP contribution in [0, 0.1) is 0 Å². The summed E-state index contributed by atoms with van der Waals surface area (Å²) in [4.78, 5) is 12.9. The van der Waals surface area contributed by atoms with Crippen LogP contribution in [0.15, 0.2) is 0 Å². The minimum atomic E-state index is -0.145. The Morgan fingerprint density at radius 2 is 2.33 bits per heavy atom. The first-order chi connectivity index (χ1) is 5.70. The second-order valence-electron chi connectivity index (χ2n) is 3.47. The highest BCUT2D eigenvalue weighted by Gasteiger charge is 2.44. The molecule has 1 heterocycles. The first-order valence-electron chi connectivity index (χ1n) is 4.27. The maximum atomic E-state index is 11.2. The van der Waals surface area contributed by atoms with Crippen molar-refractivity contribution in [3.63, 3.8) is 0 Å².